The van der Waals surface area contributed by atoms with Crippen LogP contribution in [0.3, 0.4) is 0 Å². The third-order valence-corrected chi connectivity index (χ3v) is 3.65. The van der Waals surface area contributed by atoms with Gasteiger partial charge in [0.05, 0.1) is 12.7 Å². The summed E-state index contributed by atoms with van der Waals surface area (Å²) in [7, 11) is 3.15. The monoisotopic (exact) mass is 263 g/mol. The molecule has 5 heteroatoms. The van der Waals surface area contributed by atoms with Crippen LogP contribution in [0.2, 0.25) is 0 Å². The maximum Gasteiger partial charge on any atom is 0.247 e. The van der Waals surface area contributed by atoms with Gasteiger partial charge in [0.1, 0.15) is 5.75 Å². The summed E-state index contributed by atoms with van der Waals surface area (Å²) in [5.41, 5.74) is 0.439. The molecule has 2 rings (SSSR count). The van der Waals surface area contributed by atoms with Crippen molar-refractivity contribution in [2.75, 3.05) is 14.2 Å². The topological polar surface area (TPSA) is 46.6 Å². The molecule has 1 aromatic rings. The molecule has 1 aliphatic rings. The number of benzene rings is 1. The number of thioether (sulfide) groups is 1. The van der Waals surface area contributed by atoms with E-state index in [0.29, 0.717) is 11.3 Å². The van der Waals surface area contributed by atoms with Gasteiger partial charge in [-0.2, -0.15) is 0 Å². The molecule has 4 nitrogen and oxygen atoms in total. The standard InChI is InChI=1S/C13H13NO3S/c1-14-7-8-18-12(13(14)16)11(15)9-5-3-4-6-10(9)17-2/h3-8,12H,1-2H3. The van der Waals surface area contributed by atoms with Gasteiger partial charge in [-0.05, 0) is 17.5 Å². The molecule has 0 aromatic heterocycles. The summed E-state index contributed by atoms with van der Waals surface area (Å²) in [6, 6.07) is 6.93. The van der Waals surface area contributed by atoms with Crippen molar-refractivity contribution >= 4 is 23.5 Å². The van der Waals surface area contributed by atoms with Gasteiger partial charge in [0.25, 0.3) is 0 Å². The minimum atomic E-state index is -0.726. The summed E-state index contributed by atoms with van der Waals surface area (Å²) in [5.74, 6) is 0.0603. The van der Waals surface area contributed by atoms with E-state index in [0.717, 1.165) is 0 Å². The molecule has 1 heterocycles. The molecule has 1 atom stereocenters. The Morgan fingerprint density at radius 2 is 2.11 bits per heavy atom. The molecular weight excluding hydrogens is 250 g/mol. The van der Waals surface area contributed by atoms with Gasteiger partial charge in [-0.1, -0.05) is 12.1 Å². The van der Waals surface area contributed by atoms with Gasteiger partial charge in [-0.15, -0.1) is 11.8 Å². The number of rotatable bonds is 3. The summed E-state index contributed by atoms with van der Waals surface area (Å²) in [6.45, 7) is 0. The fourth-order valence-corrected chi connectivity index (χ4v) is 2.63. The van der Waals surface area contributed by atoms with Gasteiger partial charge in [0.2, 0.25) is 5.91 Å². The Balaban J connectivity index is 2.31. The fraction of sp³-hybridized carbons (Fsp3) is 0.231. The van der Waals surface area contributed by atoms with Crippen molar-refractivity contribution in [2.24, 2.45) is 0 Å². The van der Waals surface area contributed by atoms with Crippen LogP contribution in [0.15, 0.2) is 35.9 Å². The van der Waals surface area contributed by atoms with Gasteiger partial charge in [0.15, 0.2) is 11.0 Å². The molecule has 0 saturated heterocycles. The molecule has 0 fully saturated rings. The first-order chi connectivity index (χ1) is 8.65. The van der Waals surface area contributed by atoms with Crippen molar-refractivity contribution in [3.05, 3.63) is 41.4 Å². The average molecular weight is 263 g/mol. The van der Waals surface area contributed by atoms with Crippen LogP contribution >= 0.6 is 11.8 Å². The van der Waals surface area contributed by atoms with Gasteiger partial charge in [-0.25, -0.2) is 0 Å². The number of carbonyl (C=O) groups excluding carboxylic acids is 2. The molecule has 0 saturated carbocycles. The molecular formula is C13H13NO3S. The minimum absolute atomic E-state index is 0.210. The Hall–Kier alpha value is -1.75. The number of amides is 1. The van der Waals surface area contributed by atoms with E-state index < -0.39 is 5.25 Å². The van der Waals surface area contributed by atoms with Crippen LogP contribution in [0.4, 0.5) is 0 Å². The van der Waals surface area contributed by atoms with Gasteiger partial charge < -0.3 is 9.64 Å². The van der Waals surface area contributed by atoms with Crippen molar-refractivity contribution in [3.63, 3.8) is 0 Å². The normalized spacial score (nSPS) is 18.9. The van der Waals surface area contributed by atoms with E-state index in [1.54, 1.807) is 42.9 Å². The van der Waals surface area contributed by atoms with E-state index in [9.17, 15) is 9.59 Å². The molecule has 0 aliphatic carbocycles. The number of para-hydroxylation sites is 1. The van der Waals surface area contributed by atoms with E-state index in [1.165, 1.54) is 23.8 Å². The lowest BCUT2D eigenvalue weighted by Gasteiger charge is -2.23. The minimum Gasteiger partial charge on any atom is -0.496 e. The lowest BCUT2D eigenvalue weighted by molar-refractivity contribution is -0.126. The largest absolute Gasteiger partial charge is 0.496 e. The second-order valence-corrected chi connectivity index (χ2v) is 4.83. The van der Waals surface area contributed by atoms with Gasteiger partial charge in [0, 0.05) is 13.2 Å². The lowest BCUT2D eigenvalue weighted by atomic mass is 10.1. The van der Waals surface area contributed by atoms with Crippen molar-refractivity contribution in [1.82, 2.24) is 4.90 Å². The Labute approximate surface area is 110 Å². The smallest absolute Gasteiger partial charge is 0.247 e. The molecule has 1 aromatic carbocycles. The van der Waals surface area contributed by atoms with Gasteiger partial charge in [-0.3, -0.25) is 9.59 Å². The van der Waals surface area contributed by atoms with E-state index in [4.69, 9.17) is 4.74 Å². The zero-order chi connectivity index (χ0) is 13.1. The number of ether oxygens (including phenoxy) is 1. The summed E-state index contributed by atoms with van der Waals surface area (Å²) >= 11 is 1.22. The highest BCUT2D eigenvalue weighted by atomic mass is 32.2. The van der Waals surface area contributed by atoms with Crippen molar-refractivity contribution in [3.8, 4) is 5.75 Å². The molecule has 18 heavy (non-hydrogen) atoms. The molecule has 94 valence electrons. The highest BCUT2D eigenvalue weighted by Gasteiger charge is 2.32. The van der Waals surface area contributed by atoms with E-state index >= 15 is 0 Å². The number of hydrogen-bond donors (Lipinski definition) is 0. The molecule has 0 radical (unpaired) electrons. The third kappa shape index (κ3) is 2.26. The summed E-state index contributed by atoms with van der Waals surface area (Å²) < 4.78 is 5.15. The number of ketones is 1. The summed E-state index contributed by atoms with van der Waals surface area (Å²) in [4.78, 5) is 25.7. The Bertz CT molecular complexity index is 513. The summed E-state index contributed by atoms with van der Waals surface area (Å²) in [6.07, 6.45) is 1.65. The second kappa shape index (κ2) is 5.27. The van der Waals surface area contributed by atoms with Crippen LogP contribution < -0.4 is 4.74 Å². The Kier molecular flexibility index (Phi) is 3.72. The van der Waals surface area contributed by atoms with Crippen LogP contribution in [0, 0.1) is 0 Å². The molecule has 1 aliphatic heterocycles. The zero-order valence-electron chi connectivity index (χ0n) is 10.1. The fourth-order valence-electron chi connectivity index (χ4n) is 1.68. The highest BCUT2D eigenvalue weighted by molar-refractivity contribution is 8.04. The molecule has 0 spiro atoms. The Morgan fingerprint density at radius 3 is 2.83 bits per heavy atom. The highest BCUT2D eigenvalue weighted by Crippen LogP contribution is 2.27. The third-order valence-electron chi connectivity index (χ3n) is 2.68. The van der Waals surface area contributed by atoms with E-state index in [-0.39, 0.29) is 11.7 Å². The summed E-state index contributed by atoms with van der Waals surface area (Å²) in [5, 5.41) is 1.02. The number of nitrogens with zero attached hydrogens (tertiary/aromatic N) is 1. The number of methoxy groups -OCH3 is 1. The van der Waals surface area contributed by atoms with E-state index in [1.807, 2.05) is 0 Å². The first-order valence-electron chi connectivity index (χ1n) is 5.41. The van der Waals surface area contributed by atoms with Crippen molar-refractivity contribution in [1.29, 1.82) is 0 Å². The Morgan fingerprint density at radius 1 is 1.39 bits per heavy atom. The lowest BCUT2D eigenvalue weighted by Crippen LogP contribution is -2.38. The molecule has 1 amide bonds. The quantitative estimate of drug-likeness (QED) is 0.617. The SMILES string of the molecule is COc1ccccc1C(=O)C1SC=CN(C)C1=O. The van der Waals surface area contributed by atoms with Crippen LogP contribution in [0.1, 0.15) is 10.4 Å². The molecule has 0 N–H and O–H groups in total. The maximum absolute atomic E-state index is 12.4. The first kappa shape index (κ1) is 12.7. The van der Waals surface area contributed by atoms with Crippen molar-refractivity contribution < 1.29 is 14.3 Å². The van der Waals surface area contributed by atoms with E-state index in [2.05, 4.69) is 0 Å². The van der Waals surface area contributed by atoms with Crippen molar-refractivity contribution in [2.45, 2.75) is 5.25 Å². The number of hydrogen-bond acceptors (Lipinski definition) is 4. The van der Waals surface area contributed by atoms with Crippen LogP contribution in [0.25, 0.3) is 0 Å². The first-order valence-corrected chi connectivity index (χ1v) is 6.35. The zero-order valence-corrected chi connectivity index (χ0v) is 10.9. The predicted octanol–water partition coefficient (Wildman–Crippen LogP) is 1.92. The molecule has 0 bridgehead atoms. The maximum atomic E-state index is 12.4. The predicted molar refractivity (Wildman–Crippen MR) is 70.6 cm³/mol. The number of carbonyl (C=O) groups is 2. The molecule has 1 unspecified atom stereocenters. The average Bonchev–Trinajstić information content (AvgIpc) is 2.41. The second-order valence-electron chi connectivity index (χ2n) is 3.81. The number of Topliss-reactive ketones (excluding diaryl/α,β-unsaturated/α-hetero) is 1. The van der Waals surface area contributed by atoms with Crippen LogP contribution in [0.5, 0.6) is 5.75 Å². The van der Waals surface area contributed by atoms with Crippen LogP contribution in [-0.2, 0) is 4.79 Å². The van der Waals surface area contributed by atoms with Gasteiger partial charge >= 0.3 is 0 Å². The van der Waals surface area contributed by atoms with Crippen LogP contribution in [-0.4, -0.2) is 36.0 Å².